The van der Waals surface area contributed by atoms with Crippen molar-refractivity contribution in [1.29, 1.82) is 5.26 Å². The SMILES string of the molecule is COc1ccc(CC(N=C(c2ccccc2)c2ccccc2)c2ccc(C#N)cc2)cc1. The van der Waals surface area contributed by atoms with Gasteiger partial charge >= 0.3 is 0 Å². The predicted octanol–water partition coefficient (Wildman–Crippen LogP) is 6.39. The summed E-state index contributed by atoms with van der Waals surface area (Å²) in [6, 6.07) is 38.5. The standard InChI is InChI=1S/C29H24N2O/c1-32-27-18-14-22(15-19-27)20-28(24-16-12-23(21-30)13-17-24)31-29(25-8-4-2-5-9-25)26-10-6-3-7-11-26/h2-19,28H,20H2,1H3. The monoisotopic (exact) mass is 416 g/mol. The summed E-state index contributed by atoms with van der Waals surface area (Å²) in [5.41, 5.74) is 5.99. The van der Waals surface area contributed by atoms with Crippen LogP contribution >= 0.6 is 0 Å². The Labute approximate surface area is 189 Å². The fourth-order valence-corrected chi connectivity index (χ4v) is 3.67. The van der Waals surface area contributed by atoms with Crippen LogP contribution in [0.5, 0.6) is 5.75 Å². The maximum atomic E-state index is 9.21. The quantitative estimate of drug-likeness (QED) is 0.328. The third kappa shape index (κ3) is 5.11. The number of nitriles is 1. The highest BCUT2D eigenvalue weighted by Gasteiger charge is 2.15. The summed E-state index contributed by atoms with van der Waals surface area (Å²) in [5.74, 6) is 0.835. The van der Waals surface area contributed by atoms with Crippen LogP contribution in [0.2, 0.25) is 0 Å². The summed E-state index contributed by atoms with van der Waals surface area (Å²) < 4.78 is 5.31. The van der Waals surface area contributed by atoms with Crippen LogP contribution in [0.3, 0.4) is 0 Å². The van der Waals surface area contributed by atoms with E-state index in [0.29, 0.717) is 5.56 Å². The minimum absolute atomic E-state index is 0.105. The molecule has 0 spiro atoms. The molecule has 4 aromatic carbocycles. The van der Waals surface area contributed by atoms with Crippen molar-refractivity contribution in [2.75, 3.05) is 7.11 Å². The summed E-state index contributed by atoms with van der Waals surface area (Å²) in [6.45, 7) is 0. The predicted molar refractivity (Wildman–Crippen MR) is 129 cm³/mol. The average Bonchev–Trinajstić information content (AvgIpc) is 2.88. The maximum absolute atomic E-state index is 9.21. The Morgan fingerprint density at radius 1 is 0.781 bits per heavy atom. The highest BCUT2D eigenvalue weighted by atomic mass is 16.5. The first kappa shape index (κ1) is 21.1. The molecule has 0 aliphatic carbocycles. The van der Waals surface area contributed by atoms with Crippen LogP contribution in [0.4, 0.5) is 0 Å². The minimum Gasteiger partial charge on any atom is -0.497 e. The maximum Gasteiger partial charge on any atom is 0.118 e. The second kappa shape index (κ2) is 10.2. The highest BCUT2D eigenvalue weighted by Crippen LogP contribution is 2.26. The molecule has 0 saturated carbocycles. The van der Waals surface area contributed by atoms with Crippen molar-refractivity contribution in [3.63, 3.8) is 0 Å². The van der Waals surface area contributed by atoms with E-state index >= 15 is 0 Å². The molecule has 156 valence electrons. The number of rotatable bonds is 7. The van der Waals surface area contributed by atoms with E-state index in [2.05, 4.69) is 42.5 Å². The van der Waals surface area contributed by atoms with Crippen molar-refractivity contribution >= 4 is 5.71 Å². The van der Waals surface area contributed by atoms with Gasteiger partial charge in [0.2, 0.25) is 0 Å². The first-order valence-electron chi connectivity index (χ1n) is 10.6. The lowest BCUT2D eigenvalue weighted by atomic mass is 9.96. The number of benzene rings is 4. The van der Waals surface area contributed by atoms with E-state index in [4.69, 9.17) is 9.73 Å². The zero-order valence-corrected chi connectivity index (χ0v) is 18.0. The summed E-state index contributed by atoms with van der Waals surface area (Å²) >= 11 is 0. The summed E-state index contributed by atoms with van der Waals surface area (Å²) in [4.78, 5) is 5.28. The molecule has 0 aliphatic rings. The van der Waals surface area contributed by atoms with Gasteiger partial charge in [0, 0.05) is 11.1 Å². The molecule has 0 radical (unpaired) electrons. The lowest BCUT2D eigenvalue weighted by Crippen LogP contribution is -2.09. The van der Waals surface area contributed by atoms with E-state index in [1.165, 1.54) is 5.56 Å². The number of methoxy groups -OCH3 is 1. The van der Waals surface area contributed by atoms with Gasteiger partial charge in [0.05, 0.1) is 30.5 Å². The minimum atomic E-state index is -0.105. The highest BCUT2D eigenvalue weighted by molar-refractivity contribution is 6.13. The van der Waals surface area contributed by atoms with Gasteiger partial charge in [0.15, 0.2) is 0 Å². The van der Waals surface area contributed by atoms with Gasteiger partial charge in [-0.25, -0.2) is 0 Å². The second-order valence-electron chi connectivity index (χ2n) is 7.51. The van der Waals surface area contributed by atoms with E-state index in [1.54, 1.807) is 7.11 Å². The molecule has 1 atom stereocenters. The van der Waals surface area contributed by atoms with Crippen molar-refractivity contribution in [2.45, 2.75) is 12.5 Å². The number of hydrogen-bond donors (Lipinski definition) is 0. The van der Waals surface area contributed by atoms with Crippen LogP contribution in [0, 0.1) is 11.3 Å². The molecular formula is C29H24N2O. The lowest BCUT2D eigenvalue weighted by molar-refractivity contribution is 0.414. The van der Waals surface area contributed by atoms with Crippen molar-refractivity contribution in [3.8, 4) is 11.8 Å². The Morgan fingerprint density at radius 3 is 1.84 bits per heavy atom. The van der Waals surface area contributed by atoms with E-state index in [1.807, 2.05) is 72.8 Å². The molecule has 4 rings (SSSR count). The van der Waals surface area contributed by atoms with E-state index in [9.17, 15) is 5.26 Å². The molecule has 0 bridgehead atoms. The summed E-state index contributed by atoms with van der Waals surface area (Å²) in [7, 11) is 1.67. The fraction of sp³-hybridized carbons (Fsp3) is 0.103. The molecule has 3 heteroatoms. The molecule has 3 nitrogen and oxygen atoms in total. The van der Waals surface area contributed by atoms with Gasteiger partial charge in [-0.2, -0.15) is 5.26 Å². The topological polar surface area (TPSA) is 45.4 Å². The molecular weight excluding hydrogens is 392 g/mol. The Hall–Kier alpha value is -4.16. The number of hydrogen-bond acceptors (Lipinski definition) is 3. The van der Waals surface area contributed by atoms with Crippen LogP contribution in [0.15, 0.2) is 114 Å². The smallest absolute Gasteiger partial charge is 0.118 e. The molecule has 1 unspecified atom stereocenters. The van der Waals surface area contributed by atoms with Crippen LogP contribution in [-0.2, 0) is 6.42 Å². The van der Waals surface area contributed by atoms with Crippen molar-refractivity contribution < 1.29 is 4.74 Å². The van der Waals surface area contributed by atoms with Gasteiger partial charge in [0.25, 0.3) is 0 Å². The van der Waals surface area contributed by atoms with Crippen LogP contribution in [-0.4, -0.2) is 12.8 Å². The van der Waals surface area contributed by atoms with Gasteiger partial charge in [0.1, 0.15) is 5.75 Å². The third-order valence-electron chi connectivity index (χ3n) is 5.39. The summed E-state index contributed by atoms with van der Waals surface area (Å²) in [5, 5.41) is 9.21. The molecule has 0 fully saturated rings. The van der Waals surface area contributed by atoms with E-state index in [0.717, 1.165) is 34.6 Å². The van der Waals surface area contributed by atoms with E-state index < -0.39 is 0 Å². The van der Waals surface area contributed by atoms with Gasteiger partial charge in [-0.05, 0) is 41.8 Å². The Balaban J connectivity index is 1.80. The molecule has 0 aromatic heterocycles. The van der Waals surface area contributed by atoms with Crippen LogP contribution in [0.25, 0.3) is 0 Å². The van der Waals surface area contributed by atoms with Gasteiger partial charge in [-0.15, -0.1) is 0 Å². The molecule has 0 saturated heterocycles. The van der Waals surface area contributed by atoms with E-state index in [-0.39, 0.29) is 6.04 Å². The summed E-state index contributed by atoms with van der Waals surface area (Å²) in [6.07, 6.45) is 0.735. The Bertz CT molecular complexity index is 1160. The van der Waals surface area contributed by atoms with Crippen molar-refractivity contribution in [1.82, 2.24) is 0 Å². The fourth-order valence-electron chi connectivity index (χ4n) is 3.67. The van der Waals surface area contributed by atoms with Gasteiger partial charge in [-0.3, -0.25) is 4.99 Å². The number of aliphatic imine (C=N–C) groups is 1. The average molecular weight is 417 g/mol. The molecule has 0 amide bonds. The van der Waals surface area contributed by atoms with Crippen LogP contribution in [0.1, 0.15) is 33.9 Å². The Morgan fingerprint density at radius 2 is 1.34 bits per heavy atom. The normalized spacial score (nSPS) is 11.2. The van der Waals surface area contributed by atoms with Gasteiger partial charge < -0.3 is 4.74 Å². The molecule has 0 heterocycles. The number of nitrogens with zero attached hydrogens (tertiary/aromatic N) is 2. The second-order valence-corrected chi connectivity index (χ2v) is 7.51. The van der Waals surface area contributed by atoms with Crippen molar-refractivity contribution in [3.05, 3.63) is 137 Å². The first-order valence-corrected chi connectivity index (χ1v) is 10.6. The molecule has 32 heavy (non-hydrogen) atoms. The largest absolute Gasteiger partial charge is 0.497 e. The molecule has 0 N–H and O–H groups in total. The Kier molecular flexibility index (Phi) is 6.75. The van der Waals surface area contributed by atoms with Gasteiger partial charge in [-0.1, -0.05) is 84.9 Å². The van der Waals surface area contributed by atoms with Crippen LogP contribution < -0.4 is 4.74 Å². The van der Waals surface area contributed by atoms with Crippen molar-refractivity contribution in [2.24, 2.45) is 4.99 Å². The zero-order valence-electron chi connectivity index (χ0n) is 18.0. The zero-order chi connectivity index (χ0) is 22.2. The lowest BCUT2D eigenvalue weighted by Gasteiger charge is -2.17. The molecule has 4 aromatic rings. The first-order chi connectivity index (χ1) is 15.8. The number of ether oxygens (including phenoxy) is 1. The molecule has 0 aliphatic heterocycles. The third-order valence-corrected chi connectivity index (χ3v) is 5.39.